The Balaban J connectivity index is 2.71. The predicted molar refractivity (Wildman–Crippen MR) is 59.0 cm³/mol. The summed E-state index contributed by atoms with van der Waals surface area (Å²) in [6, 6.07) is 5.25. The maximum atomic E-state index is 11.9. The Morgan fingerprint density at radius 2 is 1.78 bits per heavy atom. The molecule has 0 atom stereocenters. The Kier molecular flexibility index (Phi) is 4.55. The second-order valence-electron chi connectivity index (χ2n) is 3.27. The molecule has 1 amide bonds. The van der Waals surface area contributed by atoms with Crippen molar-refractivity contribution in [3.05, 3.63) is 35.4 Å². The molecule has 0 unspecified atom stereocenters. The average molecular weight is 281 g/mol. The Hall–Kier alpha value is -1.76. The second-order valence-corrected chi connectivity index (χ2v) is 3.62. The molecule has 0 saturated heterocycles. The molecular weight excluding hydrogens is 273 g/mol. The number of amides is 1. The zero-order valence-corrected chi connectivity index (χ0v) is 9.59. The minimum absolute atomic E-state index is 0.0467. The maximum absolute atomic E-state index is 11.9. The smallest absolute Gasteiger partial charge is 0.405 e. The first-order chi connectivity index (χ1) is 8.33. The van der Waals surface area contributed by atoms with E-state index in [1.54, 1.807) is 5.32 Å². The van der Waals surface area contributed by atoms with Crippen molar-refractivity contribution in [1.29, 1.82) is 0 Å². The quantitative estimate of drug-likeness (QED) is 0.507. The van der Waals surface area contributed by atoms with E-state index in [1.165, 1.54) is 24.3 Å². The van der Waals surface area contributed by atoms with E-state index in [9.17, 15) is 18.0 Å². The van der Waals surface area contributed by atoms with Crippen LogP contribution in [0.1, 0.15) is 15.9 Å². The Morgan fingerprint density at radius 1 is 1.28 bits per heavy atom. The molecule has 8 heteroatoms. The third-order valence-electron chi connectivity index (χ3n) is 1.92. The highest BCUT2D eigenvalue weighted by molar-refractivity contribution is 6.69. The molecule has 1 aromatic carbocycles. The van der Waals surface area contributed by atoms with E-state index >= 15 is 0 Å². The zero-order chi connectivity index (χ0) is 13.8. The lowest BCUT2D eigenvalue weighted by Gasteiger charge is -2.08. The van der Waals surface area contributed by atoms with Crippen LogP contribution in [-0.4, -0.2) is 29.0 Å². The number of alkyl halides is 3. The van der Waals surface area contributed by atoms with Crippen LogP contribution in [-0.2, 0) is 0 Å². The van der Waals surface area contributed by atoms with Crippen molar-refractivity contribution < 1.29 is 23.2 Å². The van der Waals surface area contributed by atoms with E-state index in [4.69, 9.17) is 16.8 Å². The molecule has 0 fully saturated rings. The van der Waals surface area contributed by atoms with Crippen LogP contribution in [0.4, 0.5) is 13.2 Å². The SMILES string of the molecule is O=C(NCC(F)(F)F)c1ccc(C(Cl)=NO)cc1. The molecule has 0 bridgehead atoms. The summed E-state index contributed by atoms with van der Waals surface area (Å²) in [6.07, 6.45) is -4.46. The Morgan fingerprint density at radius 3 is 2.22 bits per heavy atom. The van der Waals surface area contributed by atoms with Gasteiger partial charge in [0.25, 0.3) is 5.91 Å². The summed E-state index contributed by atoms with van der Waals surface area (Å²) in [5.74, 6) is -0.851. The van der Waals surface area contributed by atoms with Gasteiger partial charge in [-0.05, 0) is 12.1 Å². The minimum Gasteiger partial charge on any atom is -0.410 e. The van der Waals surface area contributed by atoms with Gasteiger partial charge in [0.05, 0.1) is 0 Å². The van der Waals surface area contributed by atoms with Crippen LogP contribution >= 0.6 is 11.6 Å². The van der Waals surface area contributed by atoms with Gasteiger partial charge in [-0.2, -0.15) is 13.2 Å². The third kappa shape index (κ3) is 4.25. The number of benzene rings is 1. The monoisotopic (exact) mass is 280 g/mol. The van der Waals surface area contributed by atoms with Crippen LogP contribution in [0, 0.1) is 0 Å². The van der Waals surface area contributed by atoms with Crippen LogP contribution in [0.25, 0.3) is 0 Å². The van der Waals surface area contributed by atoms with Gasteiger partial charge in [-0.15, -0.1) is 0 Å². The molecule has 0 aliphatic rings. The standard InChI is InChI=1S/C10H8ClF3N2O2/c11-8(16-18)6-1-3-7(4-2-6)9(17)15-5-10(12,13)14/h1-4,18H,5H2,(H,15,17). The van der Waals surface area contributed by atoms with E-state index in [0.717, 1.165) is 0 Å². The average Bonchev–Trinajstić information content (AvgIpc) is 2.34. The predicted octanol–water partition coefficient (Wildman–Crippen LogP) is 2.35. The van der Waals surface area contributed by atoms with Crippen molar-refractivity contribution in [2.75, 3.05) is 6.54 Å². The Labute approximate surface area is 105 Å². The first-order valence-corrected chi connectivity index (χ1v) is 5.04. The number of nitrogens with zero attached hydrogens (tertiary/aromatic N) is 1. The molecule has 98 valence electrons. The third-order valence-corrected chi connectivity index (χ3v) is 2.22. The molecule has 0 saturated carbocycles. The van der Waals surface area contributed by atoms with Gasteiger partial charge in [-0.1, -0.05) is 28.9 Å². The summed E-state index contributed by atoms with van der Waals surface area (Å²) in [7, 11) is 0. The summed E-state index contributed by atoms with van der Waals surface area (Å²) >= 11 is 5.49. The molecule has 18 heavy (non-hydrogen) atoms. The molecule has 0 aliphatic carbocycles. The summed E-state index contributed by atoms with van der Waals surface area (Å²) < 4.78 is 35.6. The van der Waals surface area contributed by atoms with E-state index in [0.29, 0.717) is 5.56 Å². The fraction of sp³-hybridized carbons (Fsp3) is 0.200. The molecule has 0 aliphatic heterocycles. The van der Waals surface area contributed by atoms with Gasteiger partial charge in [0.2, 0.25) is 0 Å². The first-order valence-electron chi connectivity index (χ1n) is 4.66. The normalized spacial score (nSPS) is 12.3. The lowest BCUT2D eigenvalue weighted by atomic mass is 10.1. The highest BCUT2D eigenvalue weighted by Gasteiger charge is 2.27. The topological polar surface area (TPSA) is 61.7 Å². The number of hydrogen-bond acceptors (Lipinski definition) is 3. The van der Waals surface area contributed by atoms with E-state index in [1.807, 2.05) is 0 Å². The molecule has 1 aromatic rings. The minimum atomic E-state index is -4.46. The van der Waals surface area contributed by atoms with Crippen LogP contribution in [0.2, 0.25) is 0 Å². The fourth-order valence-corrected chi connectivity index (χ4v) is 1.23. The molecule has 0 radical (unpaired) electrons. The van der Waals surface area contributed by atoms with Gasteiger partial charge in [0.1, 0.15) is 6.54 Å². The van der Waals surface area contributed by atoms with Crippen LogP contribution < -0.4 is 5.32 Å². The number of carbonyl (C=O) groups excluding carboxylic acids is 1. The lowest BCUT2D eigenvalue weighted by Crippen LogP contribution is -2.33. The number of hydrogen-bond donors (Lipinski definition) is 2. The van der Waals surface area contributed by atoms with Crippen LogP contribution in [0.3, 0.4) is 0 Å². The van der Waals surface area contributed by atoms with Gasteiger partial charge in [0.15, 0.2) is 5.17 Å². The van der Waals surface area contributed by atoms with Crippen molar-refractivity contribution in [3.63, 3.8) is 0 Å². The van der Waals surface area contributed by atoms with Crippen molar-refractivity contribution in [3.8, 4) is 0 Å². The molecule has 0 aromatic heterocycles. The second kappa shape index (κ2) is 5.72. The zero-order valence-electron chi connectivity index (χ0n) is 8.83. The van der Waals surface area contributed by atoms with Crippen molar-refractivity contribution in [2.24, 2.45) is 5.16 Å². The largest absolute Gasteiger partial charge is 0.410 e. The summed E-state index contributed by atoms with van der Waals surface area (Å²) in [5.41, 5.74) is 0.386. The highest BCUT2D eigenvalue weighted by atomic mass is 35.5. The summed E-state index contributed by atoms with van der Waals surface area (Å²) in [4.78, 5) is 11.3. The molecule has 1 rings (SSSR count). The molecular formula is C10H8ClF3N2O2. The molecule has 4 nitrogen and oxygen atoms in total. The van der Waals surface area contributed by atoms with Crippen molar-refractivity contribution in [1.82, 2.24) is 5.32 Å². The van der Waals surface area contributed by atoms with Gasteiger partial charge < -0.3 is 10.5 Å². The highest BCUT2D eigenvalue weighted by Crippen LogP contribution is 2.13. The van der Waals surface area contributed by atoms with E-state index in [2.05, 4.69) is 5.16 Å². The molecule has 0 heterocycles. The molecule has 2 N–H and O–H groups in total. The number of carbonyl (C=O) groups is 1. The lowest BCUT2D eigenvalue weighted by molar-refractivity contribution is -0.123. The van der Waals surface area contributed by atoms with Gasteiger partial charge in [-0.3, -0.25) is 4.79 Å². The number of oxime groups is 1. The number of nitrogens with one attached hydrogen (secondary N) is 1. The fourth-order valence-electron chi connectivity index (χ4n) is 1.10. The van der Waals surface area contributed by atoms with Crippen molar-refractivity contribution in [2.45, 2.75) is 6.18 Å². The van der Waals surface area contributed by atoms with Gasteiger partial charge in [0, 0.05) is 11.1 Å². The summed E-state index contributed by atoms with van der Waals surface area (Å²) in [5, 5.41) is 12.7. The number of halogens is 4. The Bertz CT molecular complexity index is 457. The molecule has 0 spiro atoms. The van der Waals surface area contributed by atoms with Gasteiger partial charge in [-0.25, -0.2) is 0 Å². The van der Waals surface area contributed by atoms with Gasteiger partial charge >= 0.3 is 6.18 Å². The first kappa shape index (κ1) is 14.3. The van der Waals surface area contributed by atoms with Crippen molar-refractivity contribution >= 4 is 22.7 Å². The van der Waals surface area contributed by atoms with E-state index in [-0.39, 0.29) is 10.7 Å². The van der Waals surface area contributed by atoms with E-state index < -0.39 is 18.6 Å². The number of rotatable bonds is 3. The van der Waals surface area contributed by atoms with Crippen LogP contribution in [0.5, 0.6) is 0 Å². The summed E-state index contributed by atoms with van der Waals surface area (Å²) in [6.45, 7) is -1.40. The van der Waals surface area contributed by atoms with Crippen LogP contribution in [0.15, 0.2) is 29.4 Å². The maximum Gasteiger partial charge on any atom is 0.405 e.